The molecule has 0 heterocycles. The molecule has 2 nitrogen and oxygen atoms in total. The molecule has 0 aromatic heterocycles. The third-order valence-electron chi connectivity index (χ3n) is 2.84. The SMILES string of the molecule is Nc1ccccc1C1CCC(O)C1. The van der Waals surface area contributed by atoms with Gasteiger partial charge >= 0.3 is 0 Å². The number of aliphatic hydroxyl groups excluding tert-OH is 1. The highest BCUT2D eigenvalue weighted by Gasteiger charge is 2.24. The van der Waals surface area contributed by atoms with E-state index in [1.807, 2.05) is 18.2 Å². The van der Waals surface area contributed by atoms with Gasteiger partial charge in [-0.2, -0.15) is 0 Å². The van der Waals surface area contributed by atoms with Crippen LogP contribution in [0.25, 0.3) is 0 Å². The van der Waals surface area contributed by atoms with Gasteiger partial charge in [-0.25, -0.2) is 0 Å². The van der Waals surface area contributed by atoms with Crippen molar-refractivity contribution >= 4 is 5.69 Å². The van der Waals surface area contributed by atoms with E-state index >= 15 is 0 Å². The fourth-order valence-corrected chi connectivity index (χ4v) is 2.12. The van der Waals surface area contributed by atoms with E-state index in [0.717, 1.165) is 24.9 Å². The zero-order valence-electron chi connectivity index (χ0n) is 7.61. The first-order valence-corrected chi connectivity index (χ1v) is 4.80. The second-order valence-corrected chi connectivity index (χ2v) is 3.79. The first-order valence-electron chi connectivity index (χ1n) is 4.80. The Balaban J connectivity index is 2.21. The maximum absolute atomic E-state index is 9.41. The minimum Gasteiger partial charge on any atom is -0.398 e. The van der Waals surface area contributed by atoms with Crippen molar-refractivity contribution in [2.45, 2.75) is 31.3 Å². The Bertz CT molecular complexity index is 298. The van der Waals surface area contributed by atoms with Gasteiger partial charge in [0.1, 0.15) is 0 Å². The van der Waals surface area contributed by atoms with Gasteiger partial charge in [-0.15, -0.1) is 0 Å². The van der Waals surface area contributed by atoms with E-state index in [1.165, 1.54) is 5.56 Å². The van der Waals surface area contributed by atoms with Crippen LogP contribution in [-0.4, -0.2) is 11.2 Å². The van der Waals surface area contributed by atoms with E-state index < -0.39 is 0 Å². The highest BCUT2D eigenvalue weighted by molar-refractivity contribution is 5.48. The highest BCUT2D eigenvalue weighted by Crippen LogP contribution is 2.36. The Hall–Kier alpha value is -1.02. The van der Waals surface area contributed by atoms with E-state index in [0.29, 0.717) is 5.92 Å². The van der Waals surface area contributed by atoms with Crippen molar-refractivity contribution in [3.8, 4) is 0 Å². The number of para-hydroxylation sites is 1. The van der Waals surface area contributed by atoms with Gasteiger partial charge in [0, 0.05) is 5.69 Å². The molecule has 0 amide bonds. The van der Waals surface area contributed by atoms with Crippen molar-refractivity contribution in [1.29, 1.82) is 0 Å². The van der Waals surface area contributed by atoms with Crippen LogP contribution in [-0.2, 0) is 0 Å². The monoisotopic (exact) mass is 177 g/mol. The zero-order valence-corrected chi connectivity index (χ0v) is 7.61. The molecule has 1 fully saturated rings. The highest BCUT2D eigenvalue weighted by atomic mass is 16.3. The lowest BCUT2D eigenvalue weighted by Crippen LogP contribution is -2.01. The van der Waals surface area contributed by atoms with Crippen LogP contribution in [0.15, 0.2) is 24.3 Å². The number of hydrogen-bond donors (Lipinski definition) is 2. The van der Waals surface area contributed by atoms with Crippen molar-refractivity contribution in [1.82, 2.24) is 0 Å². The summed E-state index contributed by atoms with van der Waals surface area (Å²) in [7, 11) is 0. The van der Waals surface area contributed by atoms with E-state index in [9.17, 15) is 5.11 Å². The molecule has 0 bridgehead atoms. The fourth-order valence-electron chi connectivity index (χ4n) is 2.12. The maximum Gasteiger partial charge on any atom is 0.0546 e. The van der Waals surface area contributed by atoms with Gasteiger partial charge in [0.15, 0.2) is 0 Å². The molecule has 1 aliphatic rings. The van der Waals surface area contributed by atoms with Gasteiger partial charge in [0.05, 0.1) is 6.10 Å². The van der Waals surface area contributed by atoms with Crippen LogP contribution in [0.3, 0.4) is 0 Å². The topological polar surface area (TPSA) is 46.2 Å². The molecule has 1 aromatic carbocycles. The van der Waals surface area contributed by atoms with Gasteiger partial charge < -0.3 is 10.8 Å². The molecule has 1 saturated carbocycles. The number of nitrogen functional groups attached to an aromatic ring is 1. The van der Waals surface area contributed by atoms with Gasteiger partial charge in [-0.3, -0.25) is 0 Å². The van der Waals surface area contributed by atoms with Crippen LogP contribution >= 0.6 is 0 Å². The number of nitrogens with two attached hydrogens (primary N) is 1. The molecule has 2 unspecified atom stereocenters. The Morgan fingerprint density at radius 1 is 1.23 bits per heavy atom. The number of rotatable bonds is 1. The zero-order chi connectivity index (χ0) is 9.26. The maximum atomic E-state index is 9.41. The molecule has 0 radical (unpaired) electrons. The molecular formula is C11H15NO. The quantitative estimate of drug-likeness (QED) is 0.643. The van der Waals surface area contributed by atoms with Gasteiger partial charge in [-0.05, 0) is 36.8 Å². The molecule has 3 N–H and O–H groups in total. The summed E-state index contributed by atoms with van der Waals surface area (Å²) in [5.41, 5.74) is 7.93. The summed E-state index contributed by atoms with van der Waals surface area (Å²) < 4.78 is 0. The number of aliphatic hydroxyl groups is 1. The van der Waals surface area contributed by atoms with E-state index in [-0.39, 0.29) is 6.10 Å². The minimum atomic E-state index is -0.121. The van der Waals surface area contributed by atoms with E-state index in [2.05, 4.69) is 6.07 Å². The molecule has 0 spiro atoms. The largest absolute Gasteiger partial charge is 0.398 e. The second kappa shape index (κ2) is 3.38. The van der Waals surface area contributed by atoms with Crippen molar-refractivity contribution in [2.75, 3.05) is 5.73 Å². The lowest BCUT2D eigenvalue weighted by Gasteiger charge is -2.11. The third-order valence-corrected chi connectivity index (χ3v) is 2.84. The summed E-state index contributed by atoms with van der Waals surface area (Å²) in [6, 6.07) is 7.96. The average Bonchev–Trinajstić information content (AvgIpc) is 2.53. The molecule has 13 heavy (non-hydrogen) atoms. The Morgan fingerprint density at radius 3 is 2.62 bits per heavy atom. The lowest BCUT2D eigenvalue weighted by atomic mass is 9.96. The number of hydrogen-bond acceptors (Lipinski definition) is 2. The van der Waals surface area contributed by atoms with Crippen LogP contribution in [0.2, 0.25) is 0 Å². The molecule has 1 aromatic rings. The average molecular weight is 177 g/mol. The molecule has 0 aliphatic heterocycles. The Morgan fingerprint density at radius 2 is 2.00 bits per heavy atom. The lowest BCUT2D eigenvalue weighted by molar-refractivity contribution is 0.181. The standard InChI is InChI=1S/C11H15NO/c12-11-4-2-1-3-10(11)8-5-6-9(13)7-8/h1-4,8-9,13H,5-7,12H2. The van der Waals surface area contributed by atoms with Gasteiger partial charge in [0.2, 0.25) is 0 Å². The van der Waals surface area contributed by atoms with Gasteiger partial charge in [-0.1, -0.05) is 18.2 Å². The summed E-state index contributed by atoms with van der Waals surface area (Å²) in [6.45, 7) is 0. The Kier molecular flexibility index (Phi) is 2.23. The summed E-state index contributed by atoms with van der Waals surface area (Å²) in [5.74, 6) is 0.469. The second-order valence-electron chi connectivity index (χ2n) is 3.79. The molecule has 2 rings (SSSR count). The predicted octanol–water partition coefficient (Wildman–Crippen LogP) is 1.90. The smallest absolute Gasteiger partial charge is 0.0546 e. The molecule has 70 valence electrons. The molecule has 1 aliphatic carbocycles. The van der Waals surface area contributed by atoms with Crippen LogP contribution in [0.4, 0.5) is 5.69 Å². The molecular weight excluding hydrogens is 162 g/mol. The molecule has 0 saturated heterocycles. The van der Waals surface area contributed by atoms with Crippen LogP contribution < -0.4 is 5.73 Å². The van der Waals surface area contributed by atoms with E-state index in [4.69, 9.17) is 5.73 Å². The molecule has 2 atom stereocenters. The van der Waals surface area contributed by atoms with Crippen LogP contribution in [0.5, 0.6) is 0 Å². The van der Waals surface area contributed by atoms with Gasteiger partial charge in [0.25, 0.3) is 0 Å². The first kappa shape index (κ1) is 8.57. The van der Waals surface area contributed by atoms with Crippen molar-refractivity contribution in [2.24, 2.45) is 0 Å². The van der Waals surface area contributed by atoms with Crippen LogP contribution in [0.1, 0.15) is 30.7 Å². The summed E-state index contributed by atoms with van der Waals surface area (Å²) in [5, 5.41) is 9.41. The number of benzene rings is 1. The Labute approximate surface area is 78.4 Å². The van der Waals surface area contributed by atoms with Crippen LogP contribution in [0, 0.1) is 0 Å². The van der Waals surface area contributed by atoms with Crippen molar-refractivity contribution < 1.29 is 5.11 Å². The van der Waals surface area contributed by atoms with Crippen molar-refractivity contribution in [3.05, 3.63) is 29.8 Å². The fraction of sp³-hybridized carbons (Fsp3) is 0.455. The number of anilines is 1. The molecule has 2 heteroatoms. The summed E-state index contributed by atoms with van der Waals surface area (Å²) >= 11 is 0. The summed E-state index contributed by atoms with van der Waals surface area (Å²) in [4.78, 5) is 0. The third kappa shape index (κ3) is 1.68. The normalized spacial score (nSPS) is 27.8. The van der Waals surface area contributed by atoms with Crippen molar-refractivity contribution in [3.63, 3.8) is 0 Å². The first-order chi connectivity index (χ1) is 6.27. The minimum absolute atomic E-state index is 0.121. The van der Waals surface area contributed by atoms with E-state index in [1.54, 1.807) is 0 Å². The predicted molar refractivity (Wildman–Crippen MR) is 53.5 cm³/mol. The summed E-state index contributed by atoms with van der Waals surface area (Å²) in [6.07, 6.45) is 2.73.